The molecule has 6 heteroatoms. The minimum Gasteiger partial charge on any atom is -0.341 e. The van der Waals surface area contributed by atoms with Crippen molar-refractivity contribution in [2.45, 2.75) is 56.3 Å². The predicted octanol–water partition coefficient (Wildman–Crippen LogP) is 3.51. The summed E-state index contributed by atoms with van der Waals surface area (Å²) in [5.74, 6) is 0.476. The average molecular weight is 379 g/mol. The summed E-state index contributed by atoms with van der Waals surface area (Å²) in [6, 6.07) is 6.54. The average Bonchev–Trinajstić information content (AvgIpc) is 2.69. The molecule has 3 rings (SSSR count). The van der Waals surface area contributed by atoms with Crippen molar-refractivity contribution in [2.24, 2.45) is 5.92 Å². The van der Waals surface area contributed by atoms with E-state index in [2.05, 4.69) is 0 Å². The van der Waals surface area contributed by atoms with Crippen molar-refractivity contribution in [3.8, 4) is 0 Å². The van der Waals surface area contributed by atoms with Gasteiger partial charge in [0.2, 0.25) is 10.0 Å². The van der Waals surface area contributed by atoms with Gasteiger partial charge in [0.25, 0.3) is 5.91 Å². The summed E-state index contributed by atoms with van der Waals surface area (Å²) in [4.78, 5) is 14.8. The van der Waals surface area contributed by atoms with Crippen LogP contribution in [0.2, 0.25) is 0 Å². The summed E-state index contributed by atoms with van der Waals surface area (Å²) >= 11 is 0. The Morgan fingerprint density at radius 2 is 1.73 bits per heavy atom. The van der Waals surface area contributed by atoms with Gasteiger partial charge in [0.15, 0.2) is 0 Å². The lowest BCUT2D eigenvalue weighted by Gasteiger charge is -2.27. The van der Waals surface area contributed by atoms with E-state index in [0.717, 1.165) is 25.8 Å². The van der Waals surface area contributed by atoms with Gasteiger partial charge in [-0.05, 0) is 49.8 Å². The first-order chi connectivity index (χ1) is 12.5. The van der Waals surface area contributed by atoms with Crippen LogP contribution in [-0.2, 0) is 10.0 Å². The number of hydrogen-bond acceptors (Lipinski definition) is 3. The highest BCUT2D eigenvalue weighted by atomic mass is 32.2. The minimum absolute atomic E-state index is 0.0914. The molecule has 144 valence electrons. The van der Waals surface area contributed by atoms with E-state index < -0.39 is 10.0 Å². The van der Waals surface area contributed by atoms with Gasteiger partial charge in [-0.1, -0.05) is 31.7 Å². The number of hydrogen-bond donors (Lipinski definition) is 0. The number of benzene rings is 1. The number of carbonyl (C=O) groups excluding carboxylic acids is 1. The van der Waals surface area contributed by atoms with E-state index in [9.17, 15) is 13.2 Å². The Bertz CT molecular complexity index is 720. The van der Waals surface area contributed by atoms with Crippen LogP contribution in [0.4, 0.5) is 0 Å². The smallest absolute Gasteiger partial charge is 0.253 e. The van der Waals surface area contributed by atoms with Crippen molar-refractivity contribution in [2.75, 3.05) is 26.7 Å². The zero-order valence-electron chi connectivity index (χ0n) is 15.7. The van der Waals surface area contributed by atoms with Gasteiger partial charge in [-0.3, -0.25) is 4.79 Å². The molecule has 0 bridgehead atoms. The van der Waals surface area contributed by atoms with Crippen molar-refractivity contribution in [1.82, 2.24) is 9.21 Å². The van der Waals surface area contributed by atoms with Crippen molar-refractivity contribution in [3.63, 3.8) is 0 Å². The van der Waals surface area contributed by atoms with Crippen LogP contribution in [0.15, 0.2) is 29.2 Å². The quantitative estimate of drug-likeness (QED) is 0.788. The maximum absolute atomic E-state index is 12.8. The van der Waals surface area contributed by atoms with E-state index in [1.165, 1.54) is 32.1 Å². The molecule has 2 aliphatic rings. The Balaban J connectivity index is 1.72. The fourth-order valence-electron chi connectivity index (χ4n) is 4.10. The highest BCUT2D eigenvalue weighted by Crippen LogP contribution is 2.25. The molecule has 0 spiro atoms. The molecule has 0 N–H and O–H groups in total. The third kappa shape index (κ3) is 4.46. The highest BCUT2D eigenvalue weighted by Gasteiger charge is 2.27. The molecule has 1 amide bonds. The largest absolute Gasteiger partial charge is 0.341 e. The summed E-state index contributed by atoms with van der Waals surface area (Å²) in [7, 11) is -1.69. The van der Waals surface area contributed by atoms with Gasteiger partial charge in [-0.25, -0.2) is 8.42 Å². The molecule has 5 nitrogen and oxygen atoms in total. The number of rotatable bonds is 5. The lowest BCUT2D eigenvalue weighted by atomic mass is 9.89. The Labute approximate surface area is 157 Å². The topological polar surface area (TPSA) is 57.7 Å². The number of carbonyl (C=O) groups is 1. The van der Waals surface area contributed by atoms with Gasteiger partial charge >= 0.3 is 0 Å². The highest BCUT2D eigenvalue weighted by molar-refractivity contribution is 7.89. The van der Waals surface area contributed by atoms with Crippen LogP contribution in [-0.4, -0.2) is 50.2 Å². The van der Waals surface area contributed by atoms with E-state index in [4.69, 9.17) is 0 Å². The molecular weight excluding hydrogens is 348 g/mol. The molecule has 1 aliphatic carbocycles. The molecule has 1 aromatic carbocycles. The zero-order chi connectivity index (χ0) is 18.6. The molecule has 2 fully saturated rings. The molecule has 1 aromatic rings. The van der Waals surface area contributed by atoms with Crippen LogP contribution in [0.5, 0.6) is 0 Å². The second-order valence-corrected chi connectivity index (χ2v) is 9.62. The van der Waals surface area contributed by atoms with E-state index in [0.29, 0.717) is 24.6 Å². The van der Waals surface area contributed by atoms with E-state index in [-0.39, 0.29) is 10.8 Å². The summed E-state index contributed by atoms with van der Waals surface area (Å²) in [6.07, 6.45) is 9.04. The zero-order valence-corrected chi connectivity index (χ0v) is 16.5. The lowest BCUT2D eigenvalue weighted by molar-refractivity contribution is 0.0760. The fourth-order valence-corrected chi connectivity index (χ4v) is 5.67. The molecule has 1 saturated heterocycles. The lowest BCUT2D eigenvalue weighted by Crippen LogP contribution is -2.36. The standard InChI is InChI=1S/C20H30N2O3S/c1-21(16-17-9-4-2-5-10-17)20(23)18-11-8-12-19(15-18)26(24,25)22-13-6-3-7-14-22/h8,11-12,15,17H,2-7,9-10,13-14,16H2,1H3. The third-order valence-corrected chi connectivity index (χ3v) is 7.53. The maximum atomic E-state index is 12.8. The van der Waals surface area contributed by atoms with Gasteiger partial charge in [0.05, 0.1) is 4.90 Å². The Kier molecular flexibility index (Phi) is 6.35. The molecule has 0 aromatic heterocycles. The van der Waals surface area contributed by atoms with E-state index in [1.807, 2.05) is 7.05 Å². The normalized spacial score (nSPS) is 20.0. The van der Waals surface area contributed by atoms with Gasteiger partial charge in [-0.15, -0.1) is 0 Å². The number of sulfonamides is 1. The second-order valence-electron chi connectivity index (χ2n) is 7.68. The van der Waals surface area contributed by atoms with Gasteiger partial charge in [0, 0.05) is 32.2 Å². The van der Waals surface area contributed by atoms with Crippen LogP contribution in [0.25, 0.3) is 0 Å². The molecular formula is C20H30N2O3S. The van der Waals surface area contributed by atoms with Crippen LogP contribution in [0.3, 0.4) is 0 Å². The number of amides is 1. The summed E-state index contributed by atoms with van der Waals surface area (Å²) in [5, 5.41) is 0. The molecule has 1 aliphatic heterocycles. The molecule has 1 heterocycles. The first-order valence-corrected chi connectivity index (χ1v) is 11.3. The van der Waals surface area contributed by atoms with Crippen LogP contribution < -0.4 is 0 Å². The summed E-state index contributed by atoms with van der Waals surface area (Å²) < 4.78 is 27.2. The first kappa shape index (κ1) is 19.4. The van der Waals surface area contributed by atoms with Crippen LogP contribution >= 0.6 is 0 Å². The van der Waals surface area contributed by atoms with Crippen LogP contribution in [0, 0.1) is 5.92 Å². The van der Waals surface area contributed by atoms with E-state index in [1.54, 1.807) is 33.5 Å². The maximum Gasteiger partial charge on any atom is 0.253 e. The summed E-state index contributed by atoms with van der Waals surface area (Å²) in [5.41, 5.74) is 0.460. The molecule has 1 saturated carbocycles. The third-order valence-electron chi connectivity index (χ3n) is 5.64. The SMILES string of the molecule is CN(CC1CCCCC1)C(=O)c1cccc(S(=O)(=O)N2CCCCC2)c1. The Hall–Kier alpha value is -1.40. The van der Waals surface area contributed by atoms with Crippen molar-refractivity contribution in [1.29, 1.82) is 0 Å². The fraction of sp³-hybridized carbons (Fsp3) is 0.650. The predicted molar refractivity (Wildman–Crippen MR) is 103 cm³/mol. The van der Waals surface area contributed by atoms with E-state index >= 15 is 0 Å². The van der Waals surface area contributed by atoms with Crippen molar-refractivity contribution >= 4 is 15.9 Å². The molecule has 0 atom stereocenters. The minimum atomic E-state index is -3.51. The second kappa shape index (κ2) is 8.53. The van der Waals surface area contributed by atoms with Gasteiger partial charge in [-0.2, -0.15) is 4.31 Å². The Morgan fingerprint density at radius 1 is 1.08 bits per heavy atom. The Morgan fingerprint density at radius 3 is 2.42 bits per heavy atom. The number of piperidine rings is 1. The first-order valence-electron chi connectivity index (χ1n) is 9.84. The van der Waals surface area contributed by atoms with Crippen molar-refractivity contribution in [3.05, 3.63) is 29.8 Å². The van der Waals surface area contributed by atoms with Gasteiger partial charge in [0.1, 0.15) is 0 Å². The monoisotopic (exact) mass is 378 g/mol. The number of nitrogens with zero attached hydrogens (tertiary/aromatic N) is 2. The molecule has 0 unspecified atom stereocenters. The van der Waals surface area contributed by atoms with Crippen LogP contribution in [0.1, 0.15) is 61.7 Å². The van der Waals surface area contributed by atoms with Gasteiger partial charge < -0.3 is 4.90 Å². The molecule has 0 radical (unpaired) electrons. The summed E-state index contributed by atoms with van der Waals surface area (Å²) in [6.45, 7) is 1.89. The van der Waals surface area contributed by atoms with Crippen molar-refractivity contribution < 1.29 is 13.2 Å². The molecule has 26 heavy (non-hydrogen) atoms.